The molecule has 118 valence electrons. The largest absolute Gasteiger partial charge is 0.480 e. The van der Waals surface area contributed by atoms with Gasteiger partial charge >= 0.3 is 12.0 Å². The molecule has 0 aromatic heterocycles. The SMILES string of the molecule is CC(=O)NC1CCN(C(=O)N(CC(N)=O)CC(=O)O)CC1. The maximum absolute atomic E-state index is 12.2. The van der Waals surface area contributed by atoms with Crippen LogP contribution in [-0.2, 0) is 14.4 Å². The van der Waals surface area contributed by atoms with E-state index >= 15 is 0 Å². The molecule has 0 aromatic carbocycles. The maximum Gasteiger partial charge on any atom is 0.323 e. The number of carbonyl (C=O) groups excluding carboxylic acids is 3. The first-order chi connectivity index (χ1) is 9.79. The number of urea groups is 1. The average molecular weight is 300 g/mol. The number of aliphatic carboxylic acids is 1. The zero-order valence-corrected chi connectivity index (χ0v) is 11.9. The summed E-state index contributed by atoms with van der Waals surface area (Å²) in [4.78, 5) is 47.2. The number of likely N-dealkylation sites (tertiary alicyclic amines) is 1. The smallest absolute Gasteiger partial charge is 0.323 e. The molecule has 4 amide bonds. The lowest BCUT2D eigenvalue weighted by Gasteiger charge is -2.35. The molecule has 1 aliphatic rings. The first kappa shape index (κ1) is 16.7. The van der Waals surface area contributed by atoms with Crippen molar-refractivity contribution in [1.29, 1.82) is 0 Å². The second-order valence-electron chi connectivity index (χ2n) is 4.96. The lowest BCUT2D eigenvalue weighted by molar-refractivity contribution is -0.138. The van der Waals surface area contributed by atoms with Gasteiger partial charge in [0.15, 0.2) is 0 Å². The molecule has 1 heterocycles. The van der Waals surface area contributed by atoms with E-state index in [0.717, 1.165) is 4.90 Å². The number of nitrogens with one attached hydrogen (secondary N) is 1. The zero-order chi connectivity index (χ0) is 16.0. The Morgan fingerprint density at radius 2 is 1.81 bits per heavy atom. The number of rotatable bonds is 5. The summed E-state index contributed by atoms with van der Waals surface area (Å²) in [6, 6.07) is -0.520. The summed E-state index contributed by atoms with van der Waals surface area (Å²) in [7, 11) is 0. The van der Waals surface area contributed by atoms with E-state index in [1.165, 1.54) is 11.8 Å². The molecule has 0 bridgehead atoms. The van der Waals surface area contributed by atoms with Gasteiger partial charge in [0.1, 0.15) is 13.1 Å². The Kier molecular flexibility index (Phi) is 5.94. The van der Waals surface area contributed by atoms with E-state index in [1.54, 1.807) is 0 Å². The minimum absolute atomic E-state index is 0.00983. The zero-order valence-electron chi connectivity index (χ0n) is 11.9. The number of piperidine rings is 1. The first-order valence-electron chi connectivity index (χ1n) is 6.60. The number of amides is 4. The van der Waals surface area contributed by atoms with E-state index in [2.05, 4.69) is 5.32 Å². The highest BCUT2D eigenvalue weighted by molar-refractivity contribution is 5.86. The average Bonchev–Trinajstić information content (AvgIpc) is 2.36. The summed E-state index contributed by atoms with van der Waals surface area (Å²) in [6.07, 6.45) is 1.17. The predicted molar refractivity (Wildman–Crippen MR) is 72.2 cm³/mol. The van der Waals surface area contributed by atoms with Crippen molar-refractivity contribution in [1.82, 2.24) is 15.1 Å². The summed E-state index contributed by atoms with van der Waals surface area (Å²) in [6.45, 7) is 1.19. The molecule has 0 aliphatic carbocycles. The maximum atomic E-state index is 12.2. The number of primary amides is 1. The third-order valence-electron chi connectivity index (χ3n) is 3.12. The van der Waals surface area contributed by atoms with Gasteiger partial charge in [-0.05, 0) is 12.8 Å². The van der Waals surface area contributed by atoms with Gasteiger partial charge in [-0.3, -0.25) is 14.4 Å². The fraction of sp³-hybridized carbons (Fsp3) is 0.667. The van der Waals surface area contributed by atoms with Crippen LogP contribution in [0.5, 0.6) is 0 Å². The second-order valence-corrected chi connectivity index (χ2v) is 4.96. The summed E-state index contributed by atoms with van der Waals surface area (Å²) in [5, 5.41) is 11.5. The van der Waals surface area contributed by atoms with Gasteiger partial charge < -0.3 is 26.0 Å². The number of hydrogen-bond donors (Lipinski definition) is 3. The molecule has 1 fully saturated rings. The molecule has 0 radical (unpaired) electrons. The summed E-state index contributed by atoms with van der Waals surface area (Å²) < 4.78 is 0. The Labute approximate surface area is 122 Å². The molecular formula is C12H20N4O5. The number of carbonyl (C=O) groups is 4. The summed E-state index contributed by atoms with van der Waals surface area (Å²) in [5.74, 6) is -2.10. The van der Waals surface area contributed by atoms with Crippen molar-refractivity contribution in [2.24, 2.45) is 5.73 Å². The lowest BCUT2D eigenvalue weighted by Crippen LogP contribution is -2.52. The van der Waals surface area contributed by atoms with E-state index in [0.29, 0.717) is 25.9 Å². The molecule has 0 unspecified atom stereocenters. The minimum atomic E-state index is -1.21. The van der Waals surface area contributed by atoms with Crippen molar-refractivity contribution in [3.8, 4) is 0 Å². The van der Waals surface area contributed by atoms with Crippen LogP contribution in [0, 0.1) is 0 Å². The molecule has 0 atom stereocenters. The van der Waals surface area contributed by atoms with Crippen LogP contribution in [0.25, 0.3) is 0 Å². The molecular weight excluding hydrogens is 280 g/mol. The van der Waals surface area contributed by atoms with Crippen molar-refractivity contribution in [3.63, 3.8) is 0 Å². The minimum Gasteiger partial charge on any atom is -0.480 e. The predicted octanol–water partition coefficient (Wildman–Crippen LogP) is -1.42. The van der Waals surface area contributed by atoms with Crippen LogP contribution in [0.2, 0.25) is 0 Å². The monoisotopic (exact) mass is 300 g/mol. The van der Waals surface area contributed by atoms with Gasteiger partial charge in [-0.25, -0.2) is 4.79 Å². The fourth-order valence-corrected chi connectivity index (χ4v) is 2.25. The number of nitrogens with zero attached hydrogens (tertiary/aromatic N) is 2. The van der Waals surface area contributed by atoms with Crippen LogP contribution < -0.4 is 11.1 Å². The summed E-state index contributed by atoms with van der Waals surface area (Å²) >= 11 is 0. The number of hydrogen-bond acceptors (Lipinski definition) is 4. The molecule has 1 saturated heterocycles. The number of carboxylic acid groups (broad SMARTS) is 1. The standard InChI is InChI=1S/C12H20N4O5/c1-8(17)14-9-2-4-15(5-3-9)12(21)16(6-10(13)18)7-11(19)20/h9H,2-7H2,1H3,(H2,13,18)(H,14,17)(H,19,20). The first-order valence-corrected chi connectivity index (χ1v) is 6.60. The van der Waals surface area contributed by atoms with Crippen LogP contribution in [0.15, 0.2) is 0 Å². The Hall–Kier alpha value is -2.32. The fourth-order valence-electron chi connectivity index (χ4n) is 2.25. The highest BCUT2D eigenvalue weighted by Gasteiger charge is 2.28. The number of carboxylic acids is 1. The van der Waals surface area contributed by atoms with Crippen molar-refractivity contribution in [3.05, 3.63) is 0 Å². The second kappa shape index (κ2) is 7.46. The Bertz CT molecular complexity index is 415. The van der Waals surface area contributed by atoms with Gasteiger partial charge in [-0.1, -0.05) is 0 Å². The van der Waals surface area contributed by atoms with Crippen LogP contribution in [0.4, 0.5) is 4.79 Å². The molecule has 9 nitrogen and oxygen atoms in total. The molecule has 0 aromatic rings. The van der Waals surface area contributed by atoms with Crippen LogP contribution >= 0.6 is 0 Å². The normalized spacial score (nSPS) is 15.4. The molecule has 0 spiro atoms. The third-order valence-corrected chi connectivity index (χ3v) is 3.12. The molecule has 21 heavy (non-hydrogen) atoms. The lowest BCUT2D eigenvalue weighted by atomic mass is 10.1. The van der Waals surface area contributed by atoms with Crippen molar-refractivity contribution < 1.29 is 24.3 Å². The highest BCUT2D eigenvalue weighted by Crippen LogP contribution is 2.12. The quantitative estimate of drug-likeness (QED) is 0.573. The summed E-state index contributed by atoms with van der Waals surface area (Å²) in [5.41, 5.74) is 5.02. The third kappa shape index (κ3) is 5.67. The van der Waals surface area contributed by atoms with E-state index in [1.807, 2.05) is 0 Å². The van der Waals surface area contributed by atoms with E-state index in [4.69, 9.17) is 10.8 Å². The molecule has 1 rings (SSSR count). The van der Waals surface area contributed by atoms with Gasteiger partial charge in [-0.2, -0.15) is 0 Å². The van der Waals surface area contributed by atoms with Gasteiger partial charge in [0.2, 0.25) is 11.8 Å². The van der Waals surface area contributed by atoms with Gasteiger partial charge in [0, 0.05) is 26.1 Å². The van der Waals surface area contributed by atoms with Crippen LogP contribution in [0.3, 0.4) is 0 Å². The van der Waals surface area contributed by atoms with Crippen LogP contribution in [0.1, 0.15) is 19.8 Å². The van der Waals surface area contributed by atoms with E-state index in [9.17, 15) is 19.2 Å². The van der Waals surface area contributed by atoms with Gasteiger partial charge in [0.05, 0.1) is 0 Å². The van der Waals surface area contributed by atoms with Crippen LogP contribution in [-0.4, -0.2) is 70.9 Å². The molecule has 1 aliphatic heterocycles. The number of nitrogens with two attached hydrogens (primary N) is 1. The Balaban J connectivity index is 2.58. The van der Waals surface area contributed by atoms with E-state index in [-0.39, 0.29) is 11.9 Å². The Morgan fingerprint density at radius 1 is 1.24 bits per heavy atom. The molecule has 9 heteroatoms. The topological polar surface area (TPSA) is 133 Å². The van der Waals surface area contributed by atoms with Gasteiger partial charge in [0.25, 0.3) is 0 Å². The van der Waals surface area contributed by atoms with E-state index < -0.39 is 31.0 Å². The Morgan fingerprint density at radius 3 is 2.24 bits per heavy atom. The van der Waals surface area contributed by atoms with Gasteiger partial charge in [-0.15, -0.1) is 0 Å². The molecule has 0 saturated carbocycles. The van der Waals surface area contributed by atoms with Crippen molar-refractivity contribution in [2.75, 3.05) is 26.2 Å². The van der Waals surface area contributed by atoms with Crippen molar-refractivity contribution >= 4 is 23.8 Å². The highest BCUT2D eigenvalue weighted by atomic mass is 16.4. The van der Waals surface area contributed by atoms with Crippen molar-refractivity contribution in [2.45, 2.75) is 25.8 Å². The molecule has 4 N–H and O–H groups in total.